The van der Waals surface area contributed by atoms with Gasteiger partial charge in [-0.3, -0.25) is 4.79 Å². The van der Waals surface area contributed by atoms with Crippen LogP contribution >= 0.6 is 12.2 Å². The molecular formula is C29H38N3O4S+. The lowest BCUT2D eigenvalue weighted by molar-refractivity contribution is -1.02. The molecule has 0 aromatic heterocycles. The zero-order valence-electron chi connectivity index (χ0n) is 21.9. The maximum atomic E-state index is 14.5. The van der Waals surface area contributed by atoms with Crippen molar-refractivity contribution < 1.29 is 23.8 Å². The lowest BCUT2D eigenvalue weighted by Crippen LogP contribution is -2.66. The molecule has 1 N–H and O–H groups in total. The Morgan fingerprint density at radius 1 is 1.11 bits per heavy atom. The van der Waals surface area contributed by atoms with Gasteiger partial charge in [-0.2, -0.15) is 0 Å². The number of allylic oxidation sites excluding steroid dienone is 2. The Balaban J connectivity index is 1.50. The van der Waals surface area contributed by atoms with E-state index in [1.54, 1.807) is 20.1 Å². The van der Waals surface area contributed by atoms with E-state index in [9.17, 15) is 9.59 Å². The second-order valence-electron chi connectivity index (χ2n) is 10.7. The number of hydroxylamine groups is 3. The van der Waals surface area contributed by atoms with Gasteiger partial charge >= 0.3 is 5.91 Å². The maximum absolute atomic E-state index is 14.5. The van der Waals surface area contributed by atoms with Gasteiger partial charge in [0, 0.05) is 24.8 Å². The van der Waals surface area contributed by atoms with Crippen LogP contribution in [0.1, 0.15) is 62.2 Å². The number of nitrogens with one attached hydrogen (secondary N) is 1. The van der Waals surface area contributed by atoms with Crippen molar-refractivity contribution in [2.45, 2.75) is 63.5 Å². The Bertz CT molecular complexity index is 1120. The van der Waals surface area contributed by atoms with Crippen LogP contribution in [0.5, 0.6) is 11.5 Å². The fourth-order valence-electron chi connectivity index (χ4n) is 6.57. The zero-order valence-corrected chi connectivity index (χ0v) is 22.7. The standard InChI is InChI=1S/C29H38N3O4S/c1-21(33)32(18-6-3-7-19-32)36-23-11-12-24(26(20-23)35-2)28(34)29(14-16-30-17-15-29)31-25-9-5-4-8-22(25)10-13-27(31)37/h4-5,8-9,11-12,20,22,25,30H,3,6-7,10,13-19H2,1-2H3/q+1. The maximum Gasteiger partial charge on any atom is 0.351 e. The van der Waals surface area contributed by atoms with E-state index in [0.717, 1.165) is 50.2 Å². The third-order valence-corrected chi connectivity index (χ3v) is 9.00. The number of fused-ring (bicyclic) bond motifs is 1. The van der Waals surface area contributed by atoms with Gasteiger partial charge in [0.25, 0.3) is 0 Å². The van der Waals surface area contributed by atoms with Gasteiger partial charge in [-0.25, -0.2) is 4.79 Å². The van der Waals surface area contributed by atoms with Crippen LogP contribution in [0.2, 0.25) is 0 Å². The van der Waals surface area contributed by atoms with Gasteiger partial charge in [-0.1, -0.05) is 41.2 Å². The lowest BCUT2D eigenvalue weighted by atomic mass is 9.74. The first-order valence-electron chi connectivity index (χ1n) is 13.6. The quantitative estimate of drug-likeness (QED) is 0.337. The second-order valence-corrected chi connectivity index (χ2v) is 11.2. The third kappa shape index (κ3) is 4.75. The van der Waals surface area contributed by atoms with Crippen LogP contribution in [-0.4, -0.2) is 71.1 Å². The Morgan fingerprint density at radius 3 is 2.54 bits per heavy atom. The second kappa shape index (κ2) is 10.7. The highest BCUT2D eigenvalue weighted by atomic mass is 32.1. The minimum Gasteiger partial charge on any atom is -0.496 e. The summed E-state index contributed by atoms with van der Waals surface area (Å²) >= 11 is 5.94. The number of likely N-dealkylation sites (tertiary alicyclic amines) is 2. The summed E-state index contributed by atoms with van der Waals surface area (Å²) in [4.78, 5) is 36.5. The number of carbonyl (C=O) groups excluding carboxylic acids is 2. The van der Waals surface area contributed by atoms with Gasteiger partial charge in [0.05, 0.1) is 30.6 Å². The topological polar surface area (TPSA) is 67.9 Å². The number of hydrogen-bond donors (Lipinski definition) is 1. The number of Topliss-reactive ketones (excluding diaryl/α,β-unsaturated/α-hetero) is 1. The van der Waals surface area contributed by atoms with E-state index in [0.29, 0.717) is 48.9 Å². The Kier molecular flexibility index (Phi) is 7.52. The highest BCUT2D eigenvalue weighted by Gasteiger charge is 2.51. The molecular weight excluding hydrogens is 486 g/mol. The number of rotatable bonds is 6. The van der Waals surface area contributed by atoms with Crippen molar-refractivity contribution in [2.24, 2.45) is 5.92 Å². The number of quaternary nitrogens is 1. The number of methoxy groups -OCH3 is 1. The van der Waals surface area contributed by atoms with Gasteiger partial charge in [0.2, 0.25) is 0 Å². The van der Waals surface area contributed by atoms with Crippen LogP contribution in [-0.2, 0) is 4.79 Å². The predicted molar refractivity (Wildman–Crippen MR) is 147 cm³/mol. The molecule has 0 saturated carbocycles. The van der Waals surface area contributed by atoms with Gasteiger partial charge in [0.15, 0.2) is 11.5 Å². The third-order valence-electron chi connectivity index (χ3n) is 8.60. The van der Waals surface area contributed by atoms with E-state index in [1.165, 1.54) is 0 Å². The number of nitrogens with zero attached hydrogens (tertiary/aromatic N) is 2. The summed E-state index contributed by atoms with van der Waals surface area (Å²) in [7, 11) is 1.58. The van der Waals surface area contributed by atoms with Gasteiger partial charge in [-0.05, 0) is 57.3 Å². The summed E-state index contributed by atoms with van der Waals surface area (Å²) in [5, 5.41) is 3.43. The minimum absolute atomic E-state index is 0.00442. The van der Waals surface area contributed by atoms with Gasteiger partial charge < -0.3 is 19.8 Å². The van der Waals surface area contributed by atoms with Crippen molar-refractivity contribution in [3.8, 4) is 11.5 Å². The van der Waals surface area contributed by atoms with Crippen molar-refractivity contribution in [3.63, 3.8) is 0 Å². The van der Waals surface area contributed by atoms with Crippen molar-refractivity contribution in [1.82, 2.24) is 10.2 Å². The summed E-state index contributed by atoms with van der Waals surface area (Å²) in [5.74, 6) is 1.40. The average Bonchev–Trinajstić information content (AvgIpc) is 2.93. The monoisotopic (exact) mass is 524 g/mol. The van der Waals surface area contributed by atoms with E-state index in [1.807, 2.05) is 12.1 Å². The molecule has 1 amide bonds. The van der Waals surface area contributed by atoms with Gasteiger partial charge in [-0.15, -0.1) is 0 Å². The highest BCUT2D eigenvalue weighted by Crippen LogP contribution is 2.42. The first kappa shape index (κ1) is 26.1. The molecule has 3 fully saturated rings. The summed E-state index contributed by atoms with van der Waals surface area (Å²) in [6.45, 7) is 4.41. The van der Waals surface area contributed by atoms with Crippen molar-refractivity contribution in [3.05, 3.63) is 48.1 Å². The molecule has 0 spiro atoms. The summed E-state index contributed by atoms with van der Waals surface area (Å²) in [6, 6.07) is 5.46. The van der Waals surface area contributed by atoms with Crippen LogP contribution < -0.4 is 14.9 Å². The molecule has 3 saturated heterocycles. The minimum atomic E-state index is -0.739. The molecule has 1 aromatic carbocycles. The van der Waals surface area contributed by atoms with Crippen LogP contribution in [0, 0.1) is 5.92 Å². The van der Waals surface area contributed by atoms with Gasteiger partial charge in [0.1, 0.15) is 24.4 Å². The molecule has 7 nitrogen and oxygen atoms in total. The molecule has 0 radical (unpaired) electrons. The van der Waals surface area contributed by atoms with Crippen LogP contribution in [0.3, 0.4) is 0 Å². The first-order chi connectivity index (χ1) is 17.9. The van der Waals surface area contributed by atoms with Crippen molar-refractivity contribution >= 4 is 28.9 Å². The normalized spacial score (nSPS) is 26.3. The van der Waals surface area contributed by atoms with E-state index < -0.39 is 5.54 Å². The fourth-order valence-corrected chi connectivity index (χ4v) is 6.98. The summed E-state index contributed by atoms with van der Waals surface area (Å²) < 4.78 is 5.74. The van der Waals surface area contributed by atoms with Crippen LogP contribution in [0.4, 0.5) is 0 Å². The van der Waals surface area contributed by atoms with E-state index in [-0.39, 0.29) is 22.4 Å². The number of benzene rings is 1. The number of piperidine rings is 3. The average molecular weight is 525 g/mol. The van der Waals surface area contributed by atoms with Crippen LogP contribution in [0.15, 0.2) is 42.5 Å². The molecule has 2 atom stereocenters. The molecule has 3 heterocycles. The first-order valence-corrected chi connectivity index (χ1v) is 14.0. The highest BCUT2D eigenvalue weighted by molar-refractivity contribution is 7.80. The van der Waals surface area contributed by atoms with E-state index >= 15 is 0 Å². The lowest BCUT2D eigenvalue weighted by Gasteiger charge is -2.54. The molecule has 2 unspecified atom stereocenters. The predicted octanol–water partition coefficient (Wildman–Crippen LogP) is 4.38. The molecule has 3 aliphatic heterocycles. The molecule has 5 rings (SSSR count). The van der Waals surface area contributed by atoms with E-state index in [2.05, 4.69) is 34.5 Å². The Labute approximate surface area is 225 Å². The number of ether oxygens (including phenoxy) is 1. The molecule has 198 valence electrons. The SMILES string of the molecule is COc1cc(O[N+]2(C(C)=O)CCCCC2)ccc1C(=O)C1(N2C(=S)CCC3C=CC=CC32)CCNCC1. The Hall–Kier alpha value is -2.55. The summed E-state index contributed by atoms with van der Waals surface area (Å²) in [5.41, 5.74) is -0.207. The van der Waals surface area contributed by atoms with Crippen LogP contribution in [0.25, 0.3) is 0 Å². The number of carbonyl (C=O) groups is 2. The molecule has 1 aromatic rings. The van der Waals surface area contributed by atoms with E-state index in [4.69, 9.17) is 21.8 Å². The molecule has 4 aliphatic rings. The van der Waals surface area contributed by atoms with Crippen molar-refractivity contribution in [2.75, 3.05) is 33.3 Å². The van der Waals surface area contributed by atoms with Crippen molar-refractivity contribution in [1.29, 1.82) is 0 Å². The molecule has 37 heavy (non-hydrogen) atoms. The number of amides is 1. The largest absolute Gasteiger partial charge is 0.496 e. The molecule has 1 aliphatic carbocycles. The molecule has 8 heteroatoms. The fraction of sp³-hybridized carbons (Fsp3) is 0.552. The number of thiocarbonyl (C=S) groups is 1. The zero-order chi connectivity index (χ0) is 26.0. The number of ketones is 1. The molecule has 0 bridgehead atoms. The number of hydrogen-bond acceptors (Lipinski definition) is 6. The summed E-state index contributed by atoms with van der Waals surface area (Å²) in [6.07, 6.45) is 14.8. The smallest absolute Gasteiger partial charge is 0.351 e. The Morgan fingerprint density at radius 2 is 1.84 bits per heavy atom.